The van der Waals surface area contributed by atoms with Crippen molar-refractivity contribution in [3.8, 4) is 0 Å². The third kappa shape index (κ3) is 4.41. The second kappa shape index (κ2) is 7.54. The number of hydrogen-bond donors (Lipinski definition) is 2. The predicted octanol–water partition coefficient (Wildman–Crippen LogP) is 2.36. The Morgan fingerprint density at radius 2 is 1.82 bits per heavy atom. The fourth-order valence-electron chi connectivity index (χ4n) is 3.13. The minimum Gasteiger partial charge on any atom is -0.334 e. The van der Waals surface area contributed by atoms with E-state index in [0.29, 0.717) is 17.5 Å². The van der Waals surface area contributed by atoms with Gasteiger partial charge in [-0.1, -0.05) is 13.3 Å². The molecule has 2 rings (SSSR count). The van der Waals surface area contributed by atoms with Crippen molar-refractivity contribution in [2.45, 2.75) is 58.5 Å². The lowest BCUT2D eigenvalue weighted by molar-refractivity contribution is -0.714. The molecule has 1 saturated carbocycles. The highest BCUT2D eigenvalue weighted by molar-refractivity contribution is 5.96. The van der Waals surface area contributed by atoms with E-state index >= 15 is 0 Å². The molecule has 4 nitrogen and oxygen atoms in total. The second-order valence-electron chi connectivity index (χ2n) is 6.53. The van der Waals surface area contributed by atoms with Crippen molar-refractivity contribution in [1.82, 2.24) is 0 Å². The topological polar surface area (TPSA) is 62.8 Å². The Hall–Kier alpha value is -1.68. The van der Waals surface area contributed by atoms with Gasteiger partial charge in [0.1, 0.15) is 0 Å². The Labute approximate surface area is 132 Å². The Balaban J connectivity index is 1.89. The molecule has 0 unspecified atom stereocenters. The molecule has 0 aromatic heterocycles. The van der Waals surface area contributed by atoms with Crippen LogP contribution in [0, 0.1) is 5.92 Å². The summed E-state index contributed by atoms with van der Waals surface area (Å²) >= 11 is 0. The lowest BCUT2D eigenvalue weighted by Gasteiger charge is -2.28. The number of rotatable bonds is 5. The minimum absolute atomic E-state index is 0.0216. The molecule has 0 aliphatic heterocycles. The fourth-order valence-corrected chi connectivity index (χ4v) is 3.13. The molecule has 0 saturated heterocycles. The molecular weight excluding hydrogens is 276 g/mol. The van der Waals surface area contributed by atoms with Gasteiger partial charge < -0.3 is 10.6 Å². The van der Waals surface area contributed by atoms with Gasteiger partial charge >= 0.3 is 0 Å². The zero-order valence-corrected chi connectivity index (χ0v) is 13.8. The highest BCUT2D eigenvalue weighted by atomic mass is 16.2. The maximum atomic E-state index is 12.3. The maximum Gasteiger partial charge on any atom is 0.282 e. The summed E-state index contributed by atoms with van der Waals surface area (Å²) in [6, 6.07) is 7.51. The number of nitrogens with two attached hydrogens (primary N) is 1. The summed E-state index contributed by atoms with van der Waals surface area (Å²) in [7, 11) is 0. The fraction of sp³-hybridized carbons (Fsp3) is 0.556. The first-order chi connectivity index (χ1) is 10.5. The van der Waals surface area contributed by atoms with Gasteiger partial charge in [-0.2, -0.15) is 0 Å². The predicted molar refractivity (Wildman–Crippen MR) is 87.9 cm³/mol. The summed E-state index contributed by atoms with van der Waals surface area (Å²) in [6.45, 7) is 5.78. The van der Waals surface area contributed by atoms with E-state index in [0.717, 1.165) is 5.69 Å². The van der Waals surface area contributed by atoms with Gasteiger partial charge in [0.15, 0.2) is 11.8 Å². The zero-order valence-electron chi connectivity index (χ0n) is 13.8. The number of nitrogens with one attached hydrogen (secondary N) is 1. The van der Waals surface area contributed by atoms with Crippen molar-refractivity contribution in [3.63, 3.8) is 0 Å². The third-order valence-electron chi connectivity index (χ3n) is 4.69. The number of carbonyl (C=O) groups is 2. The molecule has 22 heavy (non-hydrogen) atoms. The van der Waals surface area contributed by atoms with Crippen molar-refractivity contribution in [1.29, 1.82) is 0 Å². The van der Waals surface area contributed by atoms with E-state index in [-0.39, 0.29) is 17.7 Å². The van der Waals surface area contributed by atoms with Gasteiger partial charge in [0.25, 0.3) is 5.91 Å². The summed E-state index contributed by atoms with van der Waals surface area (Å²) in [5.41, 5.74) is 1.40. The van der Waals surface area contributed by atoms with E-state index in [1.54, 1.807) is 24.3 Å². The molecular formula is C18H27N2O2+. The van der Waals surface area contributed by atoms with Crippen LogP contribution in [0.4, 0.5) is 5.69 Å². The Bertz CT molecular complexity index is 524. The SMILES string of the molecule is CC(=O)c1ccc(NC(=O)[C@H](C)[NH2+][C@H]2CCCC[C@@H]2C)cc1. The van der Waals surface area contributed by atoms with Gasteiger partial charge in [-0.15, -0.1) is 0 Å². The van der Waals surface area contributed by atoms with Crippen LogP contribution in [0.25, 0.3) is 0 Å². The summed E-state index contributed by atoms with van der Waals surface area (Å²) in [5, 5.41) is 5.14. The summed E-state index contributed by atoms with van der Waals surface area (Å²) < 4.78 is 0. The molecule has 1 fully saturated rings. The Morgan fingerprint density at radius 1 is 1.18 bits per heavy atom. The second-order valence-corrected chi connectivity index (χ2v) is 6.53. The van der Waals surface area contributed by atoms with Crippen LogP contribution in [0.1, 0.15) is 56.8 Å². The first-order valence-corrected chi connectivity index (χ1v) is 8.24. The molecule has 4 heteroatoms. The maximum absolute atomic E-state index is 12.3. The van der Waals surface area contributed by atoms with Crippen molar-refractivity contribution < 1.29 is 14.9 Å². The standard InChI is InChI=1S/C18H26N2O2/c1-12-6-4-5-7-17(12)19-13(2)18(22)20-16-10-8-15(9-11-16)14(3)21/h8-13,17,19H,4-7H2,1-3H3,(H,20,22)/p+1/t12-,13-,17-/m0/s1. The summed E-state index contributed by atoms with van der Waals surface area (Å²) in [4.78, 5) is 23.5. The zero-order chi connectivity index (χ0) is 16.1. The highest BCUT2D eigenvalue weighted by Crippen LogP contribution is 2.21. The normalized spacial score (nSPS) is 22.9. The molecule has 1 aromatic carbocycles. The number of anilines is 1. The van der Waals surface area contributed by atoms with Crippen molar-refractivity contribution in [2.24, 2.45) is 5.92 Å². The van der Waals surface area contributed by atoms with Crippen LogP contribution in [0.2, 0.25) is 0 Å². The summed E-state index contributed by atoms with van der Waals surface area (Å²) in [6.07, 6.45) is 5.05. The van der Waals surface area contributed by atoms with Crippen molar-refractivity contribution >= 4 is 17.4 Å². The number of Topliss-reactive ketones (excluding diaryl/α,β-unsaturated/α-hetero) is 1. The van der Waals surface area contributed by atoms with Crippen molar-refractivity contribution in [3.05, 3.63) is 29.8 Å². The first kappa shape index (κ1) is 16.7. The van der Waals surface area contributed by atoms with Crippen LogP contribution in [0.15, 0.2) is 24.3 Å². The number of quaternary nitrogens is 1. The monoisotopic (exact) mass is 303 g/mol. The molecule has 0 heterocycles. The van der Waals surface area contributed by atoms with E-state index in [1.807, 2.05) is 6.92 Å². The van der Waals surface area contributed by atoms with Crippen LogP contribution in [0.5, 0.6) is 0 Å². The average molecular weight is 303 g/mol. The van der Waals surface area contributed by atoms with E-state index in [9.17, 15) is 9.59 Å². The molecule has 0 radical (unpaired) electrons. The van der Waals surface area contributed by atoms with Gasteiger partial charge in [0, 0.05) is 17.2 Å². The Morgan fingerprint density at radius 3 is 2.41 bits per heavy atom. The van der Waals surface area contributed by atoms with E-state index < -0.39 is 0 Å². The number of benzene rings is 1. The number of carbonyl (C=O) groups excluding carboxylic acids is 2. The lowest BCUT2D eigenvalue weighted by Crippen LogP contribution is -2.97. The molecule has 3 atom stereocenters. The van der Waals surface area contributed by atoms with E-state index in [1.165, 1.54) is 32.6 Å². The third-order valence-corrected chi connectivity index (χ3v) is 4.69. The first-order valence-electron chi connectivity index (χ1n) is 8.24. The molecule has 1 aliphatic rings. The molecule has 120 valence electrons. The largest absolute Gasteiger partial charge is 0.334 e. The van der Waals surface area contributed by atoms with E-state index in [2.05, 4.69) is 17.6 Å². The van der Waals surface area contributed by atoms with Gasteiger partial charge in [-0.05, 0) is 57.4 Å². The molecule has 0 spiro atoms. The molecule has 1 aliphatic carbocycles. The van der Waals surface area contributed by atoms with Crippen LogP contribution in [0.3, 0.4) is 0 Å². The smallest absolute Gasteiger partial charge is 0.282 e. The van der Waals surface area contributed by atoms with Crippen LogP contribution >= 0.6 is 0 Å². The number of amides is 1. The van der Waals surface area contributed by atoms with Gasteiger partial charge in [-0.3, -0.25) is 9.59 Å². The Kier molecular flexibility index (Phi) is 5.72. The van der Waals surface area contributed by atoms with Gasteiger partial charge in [0.05, 0.1) is 6.04 Å². The number of hydrogen-bond acceptors (Lipinski definition) is 2. The van der Waals surface area contributed by atoms with Crippen molar-refractivity contribution in [2.75, 3.05) is 5.32 Å². The van der Waals surface area contributed by atoms with Gasteiger partial charge in [0.2, 0.25) is 0 Å². The van der Waals surface area contributed by atoms with Crippen LogP contribution < -0.4 is 10.6 Å². The molecule has 1 aromatic rings. The molecule has 3 N–H and O–H groups in total. The van der Waals surface area contributed by atoms with Crippen LogP contribution in [-0.2, 0) is 4.79 Å². The molecule has 1 amide bonds. The highest BCUT2D eigenvalue weighted by Gasteiger charge is 2.28. The minimum atomic E-state index is -0.0990. The number of ketones is 1. The van der Waals surface area contributed by atoms with Crippen LogP contribution in [-0.4, -0.2) is 23.8 Å². The average Bonchev–Trinajstić information content (AvgIpc) is 2.50. The summed E-state index contributed by atoms with van der Waals surface area (Å²) in [5.74, 6) is 0.734. The van der Waals surface area contributed by atoms with E-state index in [4.69, 9.17) is 0 Å². The molecule has 0 bridgehead atoms. The lowest BCUT2D eigenvalue weighted by atomic mass is 9.85. The quantitative estimate of drug-likeness (QED) is 0.820. The van der Waals surface area contributed by atoms with Gasteiger partial charge in [-0.25, -0.2) is 0 Å².